The number of carbonyl (C=O) groups excluding carboxylic acids is 2. The second-order valence-corrected chi connectivity index (χ2v) is 9.38. The second-order valence-electron chi connectivity index (χ2n) is 9.38. The van der Waals surface area contributed by atoms with Crippen LogP contribution in [0.5, 0.6) is 11.5 Å². The van der Waals surface area contributed by atoms with Crippen molar-refractivity contribution < 1.29 is 19.1 Å². The number of benzene rings is 3. The van der Waals surface area contributed by atoms with Crippen LogP contribution in [0.1, 0.15) is 42.5 Å². The molecule has 1 N–H and O–H groups in total. The minimum atomic E-state index is -0.711. The Bertz CT molecular complexity index is 1180. The van der Waals surface area contributed by atoms with Crippen LogP contribution in [0.15, 0.2) is 72.8 Å². The maximum absolute atomic E-state index is 13.8. The summed E-state index contributed by atoms with van der Waals surface area (Å²) in [7, 11) is 1.61. The maximum Gasteiger partial charge on any atom is 0.261 e. The number of hydrogen-bond donors (Lipinski definition) is 1. The van der Waals surface area contributed by atoms with Crippen LogP contribution in [0.2, 0.25) is 0 Å². The molecule has 37 heavy (non-hydrogen) atoms. The molecular formula is C31H38N2O4. The molecule has 3 aromatic carbocycles. The molecule has 0 spiro atoms. The molecule has 0 unspecified atom stereocenters. The number of carbonyl (C=O) groups is 2. The lowest BCUT2D eigenvalue weighted by atomic mass is 10.0. The van der Waals surface area contributed by atoms with Gasteiger partial charge in [0.2, 0.25) is 5.91 Å². The maximum atomic E-state index is 13.8. The molecule has 0 radical (unpaired) electrons. The molecule has 0 aromatic heterocycles. The van der Waals surface area contributed by atoms with E-state index in [-0.39, 0.29) is 31.0 Å². The Kier molecular flexibility index (Phi) is 10.1. The van der Waals surface area contributed by atoms with Crippen LogP contribution in [0.25, 0.3) is 0 Å². The molecular weight excluding hydrogens is 464 g/mol. The van der Waals surface area contributed by atoms with Crippen molar-refractivity contribution in [2.24, 2.45) is 0 Å². The van der Waals surface area contributed by atoms with Gasteiger partial charge in [-0.2, -0.15) is 0 Å². The van der Waals surface area contributed by atoms with Crippen molar-refractivity contribution >= 4 is 11.8 Å². The molecule has 0 bridgehead atoms. The minimum Gasteiger partial charge on any atom is -0.497 e. The molecule has 0 saturated carbocycles. The van der Waals surface area contributed by atoms with E-state index < -0.39 is 6.04 Å². The fourth-order valence-corrected chi connectivity index (χ4v) is 4.07. The van der Waals surface area contributed by atoms with Crippen molar-refractivity contribution in [1.82, 2.24) is 10.2 Å². The van der Waals surface area contributed by atoms with Crippen LogP contribution in [0, 0.1) is 13.8 Å². The van der Waals surface area contributed by atoms with E-state index in [9.17, 15) is 9.59 Å². The second kappa shape index (κ2) is 13.5. The Labute approximate surface area is 220 Å². The van der Waals surface area contributed by atoms with Gasteiger partial charge in [-0.05, 0) is 67.6 Å². The first kappa shape index (κ1) is 27.8. The molecule has 2 amide bonds. The molecule has 3 aromatic rings. The van der Waals surface area contributed by atoms with Crippen molar-refractivity contribution in [3.05, 3.63) is 95.1 Å². The number of methoxy groups -OCH3 is 1. The number of hydrogen-bond acceptors (Lipinski definition) is 4. The lowest BCUT2D eigenvalue weighted by Crippen LogP contribution is -2.53. The Morgan fingerprint density at radius 3 is 2.35 bits per heavy atom. The summed E-state index contributed by atoms with van der Waals surface area (Å²) < 4.78 is 11.4. The van der Waals surface area contributed by atoms with Crippen LogP contribution >= 0.6 is 0 Å². The van der Waals surface area contributed by atoms with Crippen LogP contribution in [-0.4, -0.2) is 42.5 Å². The lowest BCUT2D eigenvalue weighted by Gasteiger charge is -2.32. The number of amides is 2. The lowest BCUT2D eigenvalue weighted by molar-refractivity contribution is -0.143. The zero-order valence-electron chi connectivity index (χ0n) is 22.5. The van der Waals surface area contributed by atoms with Crippen molar-refractivity contribution in [3.8, 4) is 11.5 Å². The predicted octanol–water partition coefficient (Wildman–Crippen LogP) is 5.25. The minimum absolute atomic E-state index is 0.00858. The topological polar surface area (TPSA) is 67.9 Å². The van der Waals surface area contributed by atoms with Gasteiger partial charge in [0.25, 0.3) is 5.91 Å². The standard InChI is InChI=1S/C31H38N2O4/c1-6-23(3)32-31(35)28(19-25-13-8-7-9-14-25)33(20-26-15-11-16-27(18-26)36-5)30(34)21-37-29-17-10-12-22(2)24(29)4/h7-18,23,28H,6,19-21H2,1-5H3,(H,32,35)/t23-,28+/m1/s1. The normalized spacial score (nSPS) is 12.4. The number of ether oxygens (including phenoxy) is 2. The first-order chi connectivity index (χ1) is 17.8. The van der Waals surface area contributed by atoms with E-state index in [0.29, 0.717) is 17.9 Å². The monoisotopic (exact) mass is 502 g/mol. The van der Waals surface area contributed by atoms with Gasteiger partial charge in [0.05, 0.1) is 7.11 Å². The zero-order chi connectivity index (χ0) is 26.8. The quantitative estimate of drug-likeness (QED) is 0.368. The number of nitrogens with one attached hydrogen (secondary N) is 1. The van der Waals surface area contributed by atoms with Crippen LogP contribution in [-0.2, 0) is 22.6 Å². The molecule has 0 aliphatic carbocycles. The fourth-order valence-electron chi connectivity index (χ4n) is 4.07. The third-order valence-electron chi connectivity index (χ3n) is 6.67. The molecule has 0 heterocycles. The highest BCUT2D eigenvalue weighted by Crippen LogP contribution is 2.22. The van der Waals surface area contributed by atoms with Gasteiger partial charge >= 0.3 is 0 Å². The molecule has 0 saturated heterocycles. The molecule has 196 valence electrons. The van der Waals surface area contributed by atoms with E-state index in [2.05, 4.69) is 5.32 Å². The third kappa shape index (κ3) is 7.84. The average Bonchev–Trinajstić information content (AvgIpc) is 2.91. The summed E-state index contributed by atoms with van der Waals surface area (Å²) in [6.07, 6.45) is 1.19. The highest BCUT2D eigenvalue weighted by Gasteiger charge is 2.31. The van der Waals surface area contributed by atoms with Crippen LogP contribution < -0.4 is 14.8 Å². The SMILES string of the molecule is CC[C@@H](C)NC(=O)[C@H](Cc1ccccc1)N(Cc1cccc(OC)c1)C(=O)COc1cccc(C)c1C. The fraction of sp³-hybridized carbons (Fsp3) is 0.355. The molecule has 2 atom stereocenters. The smallest absolute Gasteiger partial charge is 0.261 e. The third-order valence-corrected chi connectivity index (χ3v) is 6.67. The first-order valence-corrected chi connectivity index (χ1v) is 12.8. The van der Waals surface area contributed by atoms with Gasteiger partial charge in [-0.3, -0.25) is 9.59 Å². The number of nitrogens with zero attached hydrogens (tertiary/aromatic N) is 1. The van der Waals surface area contributed by atoms with E-state index >= 15 is 0 Å². The average molecular weight is 503 g/mol. The summed E-state index contributed by atoms with van der Waals surface area (Å²) in [5.41, 5.74) is 3.93. The molecule has 0 aliphatic rings. The van der Waals surface area contributed by atoms with E-state index in [1.807, 2.05) is 100 Å². The summed E-state index contributed by atoms with van der Waals surface area (Å²) in [5, 5.41) is 3.09. The molecule has 0 aliphatic heterocycles. The van der Waals surface area contributed by atoms with Crippen molar-refractivity contribution in [2.75, 3.05) is 13.7 Å². The van der Waals surface area contributed by atoms with Crippen LogP contribution in [0.4, 0.5) is 0 Å². The number of rotatable bonds is 12. The molecule has 6 nitrogen and oxygen atoms in total. The van der Waals surface area contributed by atoms with Crippen molar-refractivity contribution in [1.29, 1.82) is 0 Å². The van der Waals surface area contributed by atoms with Gasteiger partial charge in [0.15, 0.2) is 6.61 Å². The van der Waals surface area contributed by atoms with E-state index in [4.69, 9.17) is 9.47 Å². The van der Waals surface area contributed by atoms with Gasteiger partial charge in [-0.15, -0.1) is 0 Å². The molecule has 3 rings (SSSR count). The Morgan fingerprint density at radius 1 is 0.946 bits per heavy atom. The first-order valence-electron chi connectivity index (χ1n) is 12.8. The summed E-state index contributed by atoms with van der Waals surface area (Å²) in [6, 6.07) is 22.4. The predicted molar refractivity (Wildman–Crippen MR) is 147 cm³/mol. The van der Waals surface area contributed by atoms with Gasteiger partial charge < -0.3 is 19.7 Å². The summed E-state index contributed by atoms with van der Waals surface area (Å²) in [4.78, 5) is 29.0. The van der Waals surface area contributed by atoms with Gasteiger partial charge in [-0.25, -0.2) is 0 Å². The largest absolute Gasteiger partial charge is 0.497 e. The molecule has 0 fully saturated rings. The summed E-state index contributed by atoms with van der Waals surface area (Å²) in [5.74, 6) is 0.920. The summed E-state index contributed by atoms with van der Waals surface area (Å²) >= 11 is 0. The van der Waals surface area contributed by atoms with Crippen molar-refractivity contribution in [2.45, 2.75) is 59.2 Å². The van der Waals surface area contributed by atoms with Crippen molar-refractivity contribution in [3.63, 3.8) is 0 Å². The zero-order valence-corrected chi connectivity index (χ0v) is 22.5. The highest BCUT2D eigenvalue weighted by molar-refractivity contribution is 5.88. The van der Waals surface area contributed by atoms with Gasteiger partial charge in [-0.1, -0.05) is 61.5 Å². The van der Waals surface area contributed by atoms with E-state index in [0.717, 1.165) is 28.7 Å². The van der Waals surface area contributed by atoms with Gasteiger partial charge in [0, 0.05) is 19.0 Å². The van der Waals surface area contributed by atoms with E-state index in [1.54, 1.807) is 12.0 Å². The number of aryl methyl sites for hydroxylation is 1. The van der Waals surface area contributed by atoms with E-state index in [1.165, 1.54) is 0 Å². The highest BCUT2D eigenvalue weighted by atomic mass is 16.5. The van der Waals surface area contributed by atoms with Crippen LogP contribution in [0.3, 0.4) is 0 Å². The Hall–Kier alpha value is -3.80. The van der Waals surface area contributed by atoms with Gasteiger partial charge in [0.1, 0.15) is 17.5 Å². The Morgan fingerprint density at radius 2 is 1.65 bits per heavy atom. The Balaban J connectivity index is 1.95. The molecule has 6 heteroatoms. The summed E-state index contributed by atoms with van der Waals surface area (Å²) in [6.45, 7) is 8.05.